The molecule has 150 valence electrons. The molecule has 2 aromatic carbocycles. The fraction of sp³-hybridized carbons (Fsp3) is 0.227. The van der Waals surface area contributed by atoms with Gasteiger partial charge in [0.2, 0.25) is 5.91 Å². The highest BCUT2D eigenvalue weighted by atomic mass is 16.5. The topological polar surface area (TPSA) is 89.4 Å². The van der Waals surface area contributed by atoms with Gasteiger partial charge in [-0.1, -0.05) is 48.5 Å². The highest BCUT2D eigenvalue weighted by Crippen LogP contribution is 2.14. The molecule has 0 saturated carbocycles. The van der Waals surface area contributed by atoms with Gasteiger partial charge in [0.25, 0.3) is 5.91 Å². The second-order valence-electron chi connectivity index (χ2n) is 6.55. The number of amides is 2. The van der Waals surface area contributed by atoms with Crippen molar-refractivity contribution >= 4 is 28.7 Å². The van der Waals surface area contributed by atoms with E-state index in [9.17, 15) is 14.4 Å². The van der Waals surface area contributed by atoms with Gasteiger partial charge in [0.15, 0.2) is 0 Å². The molecule has 3 aromatic rings. The zero-order chi connectivity index (χ0) is 20.5. The number of ether oxygens (including phenoxy) is 1. The highest BCUT2D eigenvalue weighted by molar-refractivity contribution is 5.86. The van der Waals surface area contributed by atoms with Crippen LogP contribution in [-0.4, -0.2) is 29.0 Å². The maximum atomic E-state index is 12.0. The van der Waals surface area contributed by atoms with Crippen LogP contribution in [0.1, 0.15) is 18.4 Å². The number of carbonyl (C=O) groups is 3. The number of hydrogen-bond acceptors (Lipinski definition) is 4. The zero-order valence-corrected chi connectivity index (χ0v) is 16.0. The molecule has 0 spiro atoms. The van der Waals surface area contributed by atoms with Crippen LogP contribution in [0.5, 0.6) is 0 Å². The van der Waals surface area contributed by atoms with Gasteiger partial charge in [-0.05, 0) is 23.1 Å². The van der Waals surface area contributed by atoms with Crippen molar-refractivity contribution in [2.45, 2.75) is 25.8 Å². The Labute approximate surface area is 168 Å². The zero-order valence-electron chi connectivity index (χ0n) is 16.0. The largest absolute Gasteiger partial charge is 0.465 e. The van der Waals surface area contributed by atoms with Gasteiger partial charge in [0.1, 0.15) is 6.54 Å². The number of aromatic nitrogens is 1. The minimum atomic E-state index is -0.448. The molecule has 29 heavy (non-hydrogen) atoms. The Bertz CT molecular complexity index is 982. The van der Waals surface area contributed by atoms with Crippen molar-refractivity contribution in [3.63, 3.8) is 0 Å². The third-order valence-corrected chi connectivity index (χ3v) is 4.39. The molecule has 7 heteroatoms. The number of para-hydroxylation sites is 1. The van der Waals surface area contributed by atoms with Gasteiger partial charge in [0.05, 0.1) is 13.0 Å². The smallest absolute Gasteiger partial charge is 0.306 e. The first-order valence-corrected chi connectivity index (χ1v) is 9.43. The minimum absolute atomic E-state index is 0.0429. The molecule has 1 aromatic heterocycles. The van der Waals surface area contributed by atoms with Crippen molar-refractivity contribution in [3.8, 4) is 0 Å². The molecule has 0 unspecified atom stereocenters. The second kappa shape index (κ2) is 10.1. The van der Waals surface area contributed by atoms with Crippen molar-refractivity contribution in [2.24, 2.45) is 0 Å². The van der Waals surface area contributed by atoms with E-state index in [1.54, 1.807) is 4.57 Å². The molecule has 0 atom stereocenters. The quantitative estimate of drug-likeness (QED) is 0.454. The maximum Gasteiger partial charge on any atom is 0.306 e. The van der Waals surface area contributed by atoms with Crippen LogP contribution in [0.25, 0.3) is 10.9 Å². The predicted octanol–water partition coefficient (Wildman–Crippen LogP) is 2.35. The van der Waals surface area contributed by atoms with Gasteiger partial charge in [-0.2, -0.15) is 0 Å². The Morgan fingerprint density at radius 1 is 0.828 bits per heavy atom. The lowest BCUT2D eigenvalue weighted by Crippen LogP contribution is -2.43. The first-order chi connectivity index (χ1) is 14.1. The van der Waals surface area contributed by atoms with Crippen LogP contribution < -0.4 is 10.9 Å². The molecular weight excluding hydrogens is 370 g/mol. The van der Waals surface area contributed by atoms with Crippen LogP contribution in [0, 0.1) is 0 Å². The third kappa shape index (κ3) is 6.21. The van der Waals surface area contributed by atoms with Crippen LogP contribution >= 0.6 is 0 Å². The summed E-state index contributed by atoms with van der Waals surface area (Å²) < 4.78 is 6.92. The maximum absolute atomic E-state index is 12.0. The van der Waals surface area contributed by atoms with Crippen LogP contribution in [0.2, 0.25) is 0 Å². The van der Waals surface area contributed by atoms with Crippen LogP contribution in [0.4, 0.5) is 0 Å². The number of hydrazine groups is 1. The number of nitrogens with zero attached hydrogens (tertiary/aromatic N) is 1. The average molecular weight is 393 g/mol. The minimum Gasteiger partial charge on any atom is -0.465 e. The van der Waals surface area contributed by atoms with Gasteiger partial charge in [-0.25, -0.2) is 0 Å². The van der Waals surface area contributed by atoms with E-state index >= 15 is 0 Å². The third-order valence-electron chi connectivity index (χ3n) is 4.39. The summed E-state index contributed by atoms with van der Waals surface area (Å²) >= 11 is 0. The summed E-state index contributed by atoms with van der Waals surface area (Å²) in [4.78, 5) is 35.6. The summed E-state index contributed by atoms with van der Waals surface area (Å²) in [5, 5.41) is 1.04. The number of rotatable bonds is 8. The first-order valence-electron chi connectivity index (χ1n) is 9.43. The molecule has 0 aliphatic carbocycles. The van der Waals surface area contributed by atoms with Gasteiger partial charge in [0, 0.05) is 24.6 Å². The van der Waals surface area contributed by atoms with E-state index in [1.807, 2.05) is 66.9 Å². The van der Waals surface area contributed by atoms with Crippen LogP contribution in [0.3, 0.4) is 0 Å². The van der Waals surface area contributed by atoms with E-state index < -0.39 is 11.9 Å². The second-order valence-corrected chi connectivity index (χ2v) is 6.55. The Hall–Kier alpha value is -3.61. The monoisotopic (exact) mass is 393 g/mol. The molecule has 3 rings (SSSR count). The number of esters is 1. The molecule has 1 heterocycles. The molecular formula is C22H23N3O4. The van der Waals surface area contributed by atoms with Gasteiger partial charge < -0.3 is 9.30 Å². The summed E-state index contributed by atoms with van der Waals surface area (Å²) in [6.07, 6.45) is 2.34. The lowest BCUT2D eigenvalue weighted by atomic mass is 10.2. The first kappa shape index (κ1) is 20.1. The Morgan fingerprint density at radius 2 is 1.55 bits per heavy atom. The van der Waals surface area contributed by atoms with Crippen molar-refractivity contribution in [1.29, 1.82) is 0 Å². The van der Waals surface area contributed by atoms with Crippen molar-refractivity contribution < 1.29 is 19.1 Å². The van der Waals surface area contributed by atoms with E-state index in [2.05, 4.69) is 10.9 Å². The fourth-order valence-corrected chi connectivity index (χ4v) is 2.89. The average Bonchev–Trinajstić information content (AvgIpc) is 3.14. The van der Waals surface area contributed by atoms with Crippen LogP contribution in [-0.2, 0) is 32.1 Å². The summed E-state index contributed by atoms with van der Waals surface area (Å²) in [6, 6.07) is 19.3. The number of fused-ring (bicyclic) bond motifs is 1. The van der Waals surface area contributed by atoms with E-state index in [-0.39, 0.29) is 31.9 Å². The Morgan fingerprint density at radius 3 is 2.38 bits per heavy atom. The summed E-state index contributed by atoms with van der Waals surface area (Å²) in [7, 11) is 0. The van der Waals surface area contributed by atoms with Gasteiger partial charge in [-0.3, -0.25) is 25.2 Å². The molecule has 0 bridgehead atoms. The lowest BCUT2D eigenvalue weighted by Gasteiger charge is -2.09. The van der Waals surface area contributed by atoms with Gasteiger partial charge >= 0.3 is 5.97 Å². The Kier molecular flexibility index (Phi) is 7.00. The highest BCUT2D eigenvalue weighted by Gasteiger charge is 2.10. The number of benzene rings is 2. The van der Waals surface area contributed by atoms with Crippen molar-refractivity contribution in [3.05, 3.63) is 72.4 Å². The normalized spacial score (nSPS) is 10.5. The molecule has 7 nitrogen and oxygen atoms in total. The summed E-state index contributed by atoms with van der Waals surface area (Å²) in [5.74, 6) is -1.25. The molecule has 0 aliphatic rings. The molecule has 2 N–H and O–H groups in total. The molecule has 0 fully saturated rings. The number of carbonyl (C=O) groups excluding carboxylic acids is 3. The molecule has 0 aliphatic heterocycles. The summed E-state index contributed by atoms with van der Waals surface area (Å²) in [5.41, 5.74) is 6.70. The van der Waals surface area contributed by atoms with Crippen molar-refractivity contribution in [2.75, 3.05) is 6.61 Å². The van der Waals surface area contributed by atoms with Gasteiger partial charge in [-0.15, -0.1) is 0 Å². The lowest BCUT2D eigenvalue weighted by molar-refractivity contribution is -0.145. The molecule has 0 saturated heterocycles. The van der Waals surface area contributed by atoms with E-state index in [4.69, 9.17) is 4.74 Å². The molecule has 0 radical (unpaired) electrons. The predicted molar refractivity (Wildman–Crippen MR) is 109 cm³/mol. The standard InChI is InChI=1S/C22H23N3O4/c26-20(10-11-22(28)29-15-13-17-6-2-1-3-7-17)23-24-21(27)16-25-14-12-18-8-4-5-9-19(18)25/h1-9,12,14H,10-11,13,15-16H2,(H,23,26)(H,24,27). The molecule has 2 amide bonds. The fourth-order valence-electron chi connectivity index (χ4n) is 2.89. The van der Waals surface area contributed by atoms with Crippen LogP contribution in [0.15, 0.2) is 66.9 Å². The van der Waals surface area contributed by atoms with E-state index in [1.165, 1.54) is 0 Å². The van der Waals surface area contributed by atoms with E-state index in [0.717, 1.165) is 16.5 Å². The van der Waals surface area contributed by atoms with Crippen molar-refractivity contribution in [1.82, 2.24) is 15.4 Å². The summed E-state index contributed by atoms with van der Waals surface area (Å²) in [6.45, 7) is 0.349. The Balaban J connectivity index is 1.32. The number of hydrogen-bond donors (Lipinski definition) is 2. The van der Waals surface area contributed by atoms with E-state index in [0.29, 0.717) is 6.42 Å². The number of nitrogens with one attached hydrogen (secondary N) is 2. The SMILES string of the molecule is O=C(CCC(=O)OCCc1ccccc1)NNC(=O)Cn1ccc2ccccc21.